The van der Waals surface area contributed by atoms with Crippen LogP contribution in [0, 0.1) is 0 Å². The molecule has 10 nitrogen and oxygen atoms in total. The van der Waals surface area contributed by atoms with Crippen molar-refractivity contribution in [3.05, 3.63) is 66.4 Å². The fourth-order valence-corrected chi connectivity index (χ4v) is 4.73. The quantitative estimate of drug-likeness (QED) is 0.388. The molecule has 0 saturated heterocycles. The minimum atomic E-state index is -0.613. The first-order valence-corrected chi connectivity index (χ1v) is 12.2. The molecule has 0 aliphatic rings. The topological polar surface area (TPSA) is 112 Å². The first-order valence-electron chi connectivity index (χ1n) is 9.42. The Balaban J connectivity index is 1.97. The minimum absolute atomic E-state index is 0.106. The highest BCUT2D eigenvalue weighted by atomic mass is 79.9. The minimum Gasteiger partial charge on any atom is -0.329 e. The summed E-state index contributed by atoms with van der Waals surface area (Å²) in [5.41, 5.74) is 2.90. The van der Waals surface area contributed by atoms with Gasteiger partial charge in [0.25, 0.3) is 11.8 Å². The number of urea groups is 1. The van der Waals surface area contributed by atoms with Crippen molar-refractivity contribution in [3.63, 3.8) is 0 Å². The Morgan fingerprint density at radius 2 is 1.76 bits per heavy atom. The normalized spacial score (nSPS) is 10.6. The van der Waals surface area contributed by atoms with Crippen LogP contribution < -0.4 is 10.7 Å². The number of hydrogen-bond acceptors (Lipinski definition) is 5. The smallest absolute Gasteiger partial charge is 0.329 e. The molecule has 0 aliphatic heterocycles. The highest BCUT2D eigenvalue weighted by Crippen LogP contribution is 2.32. The second kappa shape index (κ2) is 10.8. The van der Waals surface area contributed by atoms with E-state index in [2.05, 4.69) is 68.6 Å². The molecular weight excluding hydrogens is 661 g/mol. The lowest BCUT2D eigenvalue weighted by molar-refractivity contribution is 0.0835. The number of anilines is 1. The zero-order valence-corrected chi connectivity index (χ0v) is 23.5. The highest BCUT2D eigenvalue weighted by molar-refractivity contribution is 9.11. The van der Waals surface area contributed by atoms with Gasteiger partial charge in [-0.05, 0) is 56.1 Å². The summed E-state index contributed by atoms with van der Waals surface area (Å²) in [5.74, 6) is -0.927. The van der Waals surface area contributed by atoms with Gasteiger partial charge in [-0.3, -0.25) is 15.0 Å². The molecule has 0 aliphatic carbocycles. The summed E-state index contributed by atoms with van der Waals surface area (Å²) in [5, 5.41) is 8.33. The number of benzene rings is 1. The maximum absolute atomic E-state index is 13.3. The van der Waals surface area contributed by atoms with Crippen LogP contribution in [0.25, 0.3) is 5.82 Å². The summed E-state index contributed by atoms with van der Waals surface area (Å²) in [7, 11) is 4.53. The molecule has 0 radical (unpaired) electrons. The Bertz CT molecular complexity index is 1280. The molecule has 3 aromatic rings. The van der Waals surface area contributed by atoms with Crippen molar-refractivity contribution in [2.75, 3.05) is 26.5 Å². The van der Waals surface area contributed by atoms with Crippen LogP contribution >= 0.6 is 59.4 Å². The SMILES string of the molecule is CN(C)C(=O)N(C)NC(=O)c1cc(Br)cc(Br)c1NC(=O)c1cc(Br)nn1-c1ncccc1Cl. The van der Waals surface area contributed by atoms with Crippen molar-refractivity contribution in [2.24, 2.45) is 0 Å². The molecule has 2 aromatic heterocycles. The van der Waals surface area contributed by atoms with E-state index in [4.69, 9.17) is 11.6 Å². The zero-order chi connectivity index (χ0) is 25.2. The molecule has 0 bridgehead atoms. The Morgan fingerprint density at radius 1 is 1.06 bits per heavy atom. The summed E-state index contributed by atoms with van der Waals surface area (Å²) in [6.07, 6.45) is 1.53. The van der Waals surface area contributed by atoms with Crippen molar-refractivity contribution in [2.45, 2.75) is 0 Å². The lowest BCUT2D eigenvalue weighted by Crippen LogP contribution is -2.47. The number of aromatic nitrogens is 3. The van der Waals surface area contributed by atoms with E-state index in [0.29, 0.717) is 18.6 Å². The lowest BCUT2D eigenvalue weighted by Gasteiger charge is -2.23. The van der Waals surface area contributed by atoms with Gasteiger partial charge in [0.2, 0.25) is 0 Å². The maximum Gasteiger partial charge on any atom is 0.337 e. The number of halogens is 4. The number of nitrogens with one attached hydrogen (secondary N) is 2. The maximum atomic E-state index is 13.3. The summed E-state index contributed by atoms with van der Waals surface area (Å²) in [6, 6.07) is 7.54. The first kappa shape index (κ1) is 26.1. The van der Waals surface area contributed by atoms with Gasteiger partial charge in [0.1, 0.15) is 10.3 Å². The molecule has 0 saturated carbocycles. The molecule has 0 atom stereocenters. The standard InChI is InChI=1S/C20H17Br3ClN7O3/c1-29(2)20(34)30(3)28-18(32)11-7-10(21)8-12(22)16(11)26-19(33)14-9-15(23)27-31(14)17-13(24)5-4-6-25-17/h4-9H,1-3H3,(H,26,33)(H,28,32). The van der Waals surface area contributed by atoms with Gasteiger partial charge in [-0.2, -0.15) is 5.10 Å². The van der Waals surface area contributed by atoms with Gasteiger partial charge < -0.3 is 10.2 Å². The average molecular weight is 679 g/mol. The second-order valence-corrected chi connectivity index (χ2v) is 10.0. The predicted molar refractivity (Wildman–Crippen MR) is 138 cm³/mol. The fourth-order valence-electron chi connectivity index (χ4n) is 2.83. The van der Waals surface area contributed by atoms with E-state index >= 15 is 0 Å². The zero-order valence-electron chi connectivity index (χ0n) is 17.9. The number of rotatable bonds is 4. The lowest BCUT2D eigenvalue weighted by atomic mass is 10.1. The van der Waals surface area contributed by atoms with Crippen LogP contribution in [0.3, 0.4) is 0 Å². The second-order valence-electron chi connectivity index (χ2n) is 7.01. The van der Waals surface area contributed by atoms with E-state index in [0.717, 1.165) is 5.01 Å². The summed E-state index contributed by atoms with van der Waals surface area (Å²) in [4.78, 5) is 43.9. The van der Waals surface area contributed by atoms with Crippen molar-refractivity contribution >= 4 is 82.9 Å². The molecule has 1 aromatic carbocycles. The monoisotopic (exact) mass is 675 g/mol. The van der Waals surface area contributed by atoms with E-state index < -0.39 is 17.8 Å². The third-order valence-corrected chi connectivity index (χ3v) is 6.09. The largest absolute Gasteiger partial charge is 0.337 e. The molecular formula is C20H17Br3ClN7O3. The summed E-state index contributed by atoms with van der Waals surface area (Å²) >= 11 is 16.2. The molecule has 0 unspecified atom stereocenters. The number of hydrazine groups is 1. The van der Waals surface area contributed by atoms with Gasteiger partial charge in [-0.25, -0.2) is 19.5 Å². The molecule has 2 N–H and O–H groups in total. The van der Waals surface area contributed by atoms with Gasteiger partial charge in [0.05, 0.1) is 16.3 Å². The van der Waals surface area contributed by atoms with Crippen molar-refractivity contribution in [1.82, 2.24) is 30.1 Å². The molecule has 0 fully saturated rings. The fraction of sp³-hybridized carbons (Fsp3) is 0.150. The van der Waals surface area contributed by atoms with Crippen LogP contribution in [0.5, 0.6) is 0 Å². The van der Waals surface area contributed by atoms with Gasteiger partial charge in [0.15, 0.2) is 5.82 Å². The van der Waals surface area contributed by atoms with Crippen LogP contribution in [0.15, 0.2) is 50.1 Å². The van der Waals surface area contributed by atoms with Crippen molar-refractivity contribution < 1.29 is 14.4 Å². The molecule has 178 valence electrons. The molecule has 0 spiro atoms. The molecule has 14 heteroatoms. The van der Waals surface area contributed by atoms with Crippen LogP contribution in [0.1, 0.15) is 20.8 Å². The van der Waals surface area contributed by atoms with E-state index in [9.17, 15) is 14.4 Å². The molecule has 2 heterocycles. The number of pyridine rings is 1. The average Bonchev–Trinajstić information content (AvgIpc) is 3.16. The Labute approximate surface area is 225 Å². The number of hydrogen-bond donors (Lipinski definition) is 2. The Morgan fingerprint density at radius 3 is 2.41 bits per heavy atom. The highest BCUT2D eigenvalue weighted by Gasteiger charge is 2.24. The molecule has 34 heavy (non-hydrogen) atoms. The van der Waals surface area contributed by atoms with Crippen LogP contribution in [-0.2, 0) is 0 Å². The molecule has 4 amide bonds. The van der Waals surface area contributed by atoms with E-state index in [1.54, 1.807) is 32.3 Å². The number of nitrogens with zero attached hydrogens (tertiary/aromatic N) is 5. The van der Waals surface area contributed by atoms with Gasteiger partial charge in [-0.15, -0.1) is 0 Å². The summed E-state index contributed by atoms with van der Waals surface area (Å²) in [6.45, 7) is 0. The van der Waals surface area contributed by atoms with Crippen LogP contribution in [0.4, 0.5) is 10.5 Å². The van der Waals surface area contributed by atoms with Crippen LogP contribution in [-0.4, -0.2) is 63.7 Å². The Hall–Kier alpha value is -2.48. The predicted octanol–water partition coefficient (Wildman–Crippen LogP) is 4.72. The third kappa shape index (κ3) is 5.77. The number of carbonyl (C=O) groups excluding carboxylic acids is 3. The third-order valence-electron chi connectivity index (χ3n) is 4.33. The number of carbonyl (C=O) groups is 3. The first-order chi connectivity index (χ1) is 16.0. The summed E-state index contributed by atoms with van der Waals surface area (Å²) < 4.78 is 2.69. The Kier molecular flexibility index (Phi) is 8.34. The number of amides is 4. The van der Waals surface area contributed by atoms with Gasteiger partial charge >= 0.3 is 6.03 Å². The van der Waals surface area contributed by atoms with E-state index in [1.807, 2.05) is 0 Å². The van der Waals surface area contributed by atoms with Crippen LogP contribution in [0.2, 0.25) is 5.02 Å². The van der Waals surface area contributed by atoms with E-state index in [-0.39, 0.29) is 22.8 Å². The van der Waals surface area contributed by atoms with Gasteiger partial charge in [-0.1, -0.05) is 27.5 Å². The van der Waals surface area contributed by atoms with Crippen molar-refractivity contribution in [3.8, 4) is 5.82 Å². The van der Waals surface area contributed by atoms with E-state index in [1.165, 1.54) is 35.0 Å². The van der Waals surface area contributed by atoms with Crippen molar-refractivity contribution in [1.29, 1.82) is 0 Å². The van der Waals surface area contributed by atoms with Gasteiger partial charge in [0, 0.05) is 42.4 Å². The molecule has 3 rings (SSSR count).